The van der Waals surface area contributed by atoms with E-state index in [9.17, 15) is 13.2 Å². The van der Waals surface area contributed by atoms with Crippen molar-refractivity contribution in [3.63, 3.8) is 0 Å². The van der Waals surface area contributed by atoms with E-state index < -0.39 is 11.7 Å². The van der Waals surface area contributed by atoms with Gasteiger partial charge in [0.25, 0.3) is 0 Å². The van der Waals surface area contributed by atoms with Crippen LogP contribution in [0.15, 0.2) is 54.6 Å². The average molecular weight is 295 g/mol. The lowest BCUT2D eigenvalue weighted by Gasteiger charge is -2.08. The quantitative estimate of drug-likeness (QED) is 0.636. The Morgan fingerprint density at radius 3 is 2.19 bits per heavy atom. The Morgan fingerprint density at radius 1 is 0.905 bits per heavy atom. The summed E-state index contributed by atoms with van der Waals surface area (Å²) in [4.78, 5) is 5.31. The van der Waals surface area contributed by atoms with Crippen LogP contribution in [0.2, 0.25) is 0 Å². The zero-order chi connectivity index (χ0) is 15.1. The van der Waals surface area contributed by atoms with E-state index in [4.69, 9.17) is 4.84 Å². The summed E-state index contributed by atoms with van der Waals surface area (Å²) in [6.07, 6.45) is -2.80. The van der Waals surface area contributed by atoms with Crippen LogP contribution in [0.4, 0.5) is 13.2 Å². The fraction of sp³-hybridized carbons (Fsp3) is 0.250. The first-order chi connectivity index (χ1) is 10.1. The molecule has 0 amide bonds. The molecule has 112 valence electrons. The summed E-state index contributed by atoms with van der Waals surface area (Å²) < 4.78 is 37.2. The molecule has 0 aliphatic carbocycles. The van der Waals surface area contributed by atoms with Gasteiger partial charge in [-0.15, -0.1) is 0 Å². The van der Waals surface area contributed by atoms with Crippen molar-refractivity contribution in [2.45, 2.75) is 19.0 Å². The van der Waals surface area contributed by atoms with Crippen LogP contribution in [0, 0.1) is 0 Å². The van der Waals surface area contributed by atoms with Crippen LogP contribution in [0.25, 0.3) is 0 Å². The summed E-state index contributed by atoms with van der Waals surface area (Å²) in [5, 5.41) is 0. The summed E-state index contributed by atoms with van der Waals surface area (Å²) in [6, 6.07) is 14.6. The highest BCUT2D eigenvalue weighted by atomic mass is 19.4. The molecule has 2 rings (SSSR count). The third kappa shape index (κ3) is 5.11. The van der Waals surface area contributed by atoms with E-state index in [-0.39, 0.29) is 0 Å². The Morgan fingerprint density at radius 2 is 1.57 bits per heavy atom. The van der Waals surface area contributed by atoms with Crippen molar-refractivity contribution >= 4 is 0 Å². The molecule has 0 bridgehead atoms. The van der Waals surface area contributed by atoms with Gasteiger partial charge in [0.05, 0.1) is 5.56 Å². The van der Waals surface area contributed by atoms with Crippen LogP contribution in [0.5, 0.6) is 5.75 Å². The molecule has 2 aromatic rings. The van der Waals surface area contributed by atoms with Gasteiger partial charge >= 0.3 is 6.18 Å². The van der Waals surface area contributed by atoms with Gasteiger partial charge in [-0.3, -0.25) is 0 Å². The minimum atomic E-state index is -4.27. The largest absolute Gasteiger partial charge is 0.416 e. The predicted octanol–water partition coefficient (Wildman–Crippen LogP) is 4.22. The van der Waals surface area contributed by atoms with Crippen LogP contribution in [-0.2, 0) is 12.6 Å². The number of hydrogen-bond donors (Lipinski definition) is 1. The summed E-state index contributed by atoms with van der Waals surface area (Å²) in [5.74, 6) is 0.729. The van der Waals surface area contributed by atoms with Crippen LogP contribution >= 0.6 is 0 Å². The highest BCUT2D eigenvalue weighted by molar-refractivity contribution is 5.24. The lowest BCUT2D eigenvalue weighted by atomic mass is 10.1. The number of nitrogens with one attached hydrogen (secondary N) is 1. The maximum absolute atomic E-state index is 12.4. The van der Waals surface area contributed by atoms with Crippen LogP contribution in [0.3, 0.4) is 0 Å². The van der Waals surface area contributed by atoms with Gasteiger partial charge in [0.1, 0.15) is 5.75 Å². The van der Waals surface area contributed by atoms with E-state index in [0.29, 0.717) is 13.0 Å². The van der Waals surface area contributed by atoms with E-state index in [2.05, 4.69) is 5.48 Å². The number of para-hydroxylation sites is 1. The molecular formula is C16H16F3NO. The molecule has 0 saturated heterocycles. The van der Waals surface area contributed by atoms with E-state index in [1.165, 1.54) is 12.1 Å². The number of rotatable bonds is 6. The number of hydroxylamine groups is 1. The number of benzene rings is 2. The van der Waals surface area contributed by atoms with Crippen molar-refractivity contribution in [3.05, 3.63) is 65.7 Å². The lowest BCUT2D eigenvalue weighted by Crippen LogP contribution is -2.20. The zero-order valence-electron chi connectivity index (χ0n) is 11.4. The molecule has 2 nitrogen and oxygen atoms in total. The molecule has 0 aliphatic rings. The van der Waals surface area contributed by atoms with Crippen molar-refractivity contribution in [2.75, 3.05) is 6.54 Å². The second-order valence-corrected chi connectivity index (χ2v) is 4.61. The van der Waals surface area contributed by atoms with Gasteiger partial charge < -0.3 is 4.84 Å². The lowest BCUT2D eigenvalue weighted by molar-refractivity contribution is -0.137. The Labute approximate surface area is 121 Å². The standard InChI is InChI=1S/C16H16F3NO/c17-16(18,19)14-10-8-13(9-11-14)5-4-12-20-21-15-6-2-1-3-7-15/h1-3,6-11,20H,4-5,12H2. The van der Waals surface area contributed by atoms with Gasteiger partial charge in [0.15, 0.2) is 0 Å². The minimum absolute atomic E-state index is 0.614. The Hall–Kier alpha value is -2.01. The highest BCUT2D eigenvalue weighted by Crippen LogP contribution is 2.29. The van der Waals surface area contributed by atoms with E-state index in [0.717, 1.165) is 29.9 Å². The molecule has 0 atom stereocenters. The summed E-state index contributed by atoms with van der Waals surface area (Å²) in [6.45, 7) is 0.621. The minimum Gasteiger partial charge on any atom is -0.409 e. The van der Waals surface area contributed by atoms with Crippen LogP contribution in [-0.4, -0.2) is 6.54 Å². The van der Waals surface area contributed by atoms with Crippen molar-refractivity contribution in [1.29, 1.82) is 0 Å². The third-order valence-corrected chi connectivity index (χ3v) is 2.96. The fourth-order valence-corrected chi connectivity index (χ4v) is 1.85. The van der Waals surface area contributed by atoms with Gasteiger partial charge in [0.2, 0.25) is 0 Å². The van der Waals surface area contributed by atoms with E-state index in [1.807, 2.05) is 30.3 Å². The predicted molar refractivity (Wildman–Crippen MR) is 74.8 cm³/mol. The number of halogens is 3. The van der Waals surface area contributed by atoms with Crippen molar-refractivity contribution < 1.29 is 18.0 Å². The molecule has 1 N–H and O–H groups in total. The first-order valence-electron chi connectivity index (χ1n) is 6.66. The Kier molecular flexibility index (Phi) is 5.22. The molecule has 0 saturated carbocycles. The molecule has 21 heavy (non-hydrogen) atoms. The Bertz CT molecular complexity index is 538. The molecule has 0 aromatic heterocycles. The van der Waals surface area contributed by atoms with Crippen molar-refractivity contribution in [2.24, 2.45) is 0 Å². The normalized spacial score (nSPS) is 11.4. The van der Waals surface area contributed by atoms with E-state index >= 15 is 0 Å². The molecule has 0 heterocycles. The maximum Gasteiger partial charge on any atom is 0.416 e. The third-order valence-electron chi connectivity index (χ3n) is 2.96. The topological polar surface area (TPSA) is 21.3 Å². The van der Waals surface area contributed by atoms with Gasteiger partial charge in [-0.05, 0) is 42.7 Å². The van der Waals surface area contributed by atoms with Gasteiger partial charge in [0, 0.05) is 6.54 Å². The fourth-order valence-electron chi connectivity index (χ4n) is 1.85. The van der Waals surface area contributed by atoms with Gasteiger partial charge in [-0.2, -0.15) is 18.7 Å². The molecule has 5 heteroatoms. The first kappa shape index (κ1) is 15.4. The van der Waals surface area contributed by atoms with Gasteiger partial charge in [-0.25, -0.2) is 0 Å². The molecule has 0 radical (unpaired) electrons. The molecule has 0 fully saturated rings. The first-order valence-corrected chi connectivity index (χ1v) is 6.66. The smallest absolute Gasteiger partial charge is 0.409 e. The average Bonchev–Trinajstić information content (AvgIpc) is 2.47. The molecular weight excluding hydrogens is 279 g/mol. The SMILES string of the molecule is FC(F)(F)c1ccc(CCCNOc2ccccc2)cc1. The number of hydrogen-bond acceptors (Lipinski definition) is 2. The Balaban J connectivity index is 1.69. The zero-order valence-corrected chi connectivity index (χ0v) is 11.4. The monoisotopic (exact) mass is 295 g/mol. The second-order valence-electron chi connectivity index (χ2n) is 4.61. The molecule has 2 aromatic carbocycles. The van der Waals surface area contributed by atoms with Crippen LogP contribution in [0.1, 0.15) is 17.5 Å². The maximum atomic E-state index is 12.4. The molecule has 0 aliphatic heterocycles. The highest BCUT2D eigenvalue weighted by Gasteiger charge is 2.29. The summed E-state index contributed by atoms with van der Waals surface area (Å²) >= 11 is 0. The summed E-state index contributed by atoms with van der Waals surface area (Å²) in [7, 11) is 0. The van der Waals surface area contributed by atoms with Gasteiger partial charge in [-0.1, -0.05) is 30.3 Å². The molecule has 0 unspecified atom stereocenters. The van der Waals surface area contributed by atoms with Crippen LogP contribution < -0.4 is 10.3 Å². The van der Waals surface area contributed by atoms with E-state index in [1.54, 1.807) is 0 Å². The number of alkyl halides is 3. The second kappa shape index (κ2) is 7.13. The van der Waals surface area contributed by atoms with Crippen molar-refractivity contribution in [3.8, 4) is 5.75 Å². The number of aryl methyl sites for hydroxylation is 1. The summed E-state index contributed by atoms with van der Waals surface area (Å²) in [5.41, 5.74) is 3.09. The van der Waals surface area contributed by atoms with Crippen molar-refractivity contribution in [1.82, 2.24) is 5.48 Å². The molecule has 0 spiro atoms.